The van der Waals surface area contributed by atoms with Crippen LogP contribution < -0.4 is 5.73 Å². The summed E-state index contributed by atoms with van der Waals surface area (Å²) in [6.45, 7) is 11.1. The highest BCUT2D eigenvalue weighted by Crippen LogP contribution is 2.59. The van der Waals surface area contributed by atoms with E-state index in [2.05, 4.69) is 15.0 Å². The normalized spacial score (nSPS) is 23.6. The van der Waals surface area contributed by atoms with Gasteiger partial charge in [-0.15, -0.1) is 0 Å². The molecule has 0 spiro atoms. The Hall–Kier alpha value is -2.80. The molecule has 0 bridgehead atoms. The molecule has 1 unspecified atom stereocenters. The second-order valence-electron chi connectivity index (χ2n) is 11.4. The van der Waals surface area contributed by atoms with Crippen molar-refractivity contribution in [2.45, 2.75) is 97.1 Å². The minimum atomic E-state index is -3.56. The van der Waals surface area contributed by atoms with Crippen LogP contribution in [0.25, 0.3) is 0 Å². The number of carbonyl (C=O) groups is 2. The Balaban J connectivity index is 1.77. The minimum absolute atomic E-state index is 0.170. The molecule has 0 saturated carbocycles. The van der Waals surface area contributed by atoms with Gasteiger partial charge in [-0.05, 0) is 65.9 Å². The molecule has 3 atom stereocenters. The molecule has 2 N–H and O–H groups in total. The number of ether oxygens (including phenoxy) is 4. The summed E-state index contributed by atoms with van der Waals surface area (Å²) in [7, 11) is -1.91. The van der Waals surface area contributed by atoms with Crippen LogP contribution in [-0.4, -0.2) is 121 Å². The molecule has 2 saturated heterocycles. The van der Waals surface area contributed by atoms with Crippen molar-refractivity contribution in [2.24, 2.45) is 20.7 Å². The second kappa shape index (κ2) is 17.0. The second-order valence-corrected chi connectivity index (χ2v) is 14.0. The number of esters is 2. The van der Waals surface area contributed by atoms with E-state index in [-0.39, 0.29) is 25.2 Å². The van der Waals surface area contributed by atoms with Crippen LogP contribution >= 0.6 is 7.44 Å². The Labute approximate surface area is 261 Å². The van der Waals surface area contributed by atoms with Crippen molar-refractivity contribution in [3.05, 3.63) is 11.9 Å². The lowest BCUT2D eigenvalue weighted by Crippen LogP contribution is -2.45. The third-order valence-electron chi connectivity index (χ3n) is 7.34. The number of nitrogens with zero attached hydrogens (tertiary/aromatic N) is 6. The average molecular weight is 640 g/mol. The molecule has 0 amide bonds. The van der Waals surface area contributed by atoms with E-state index >= 15 is 4.57 Å². The maximum Gasteiger partial charge on any atom is 0.324 e. The minimum Gasteiger partial charge on any atom is -0.479 e. The Morgan fingerprint density at radius 3 is 2.16 bits per heavy atom. The molecule has 3 heterocycles. The Bertz CT molecular complexity index is 1100. The molecule has 2 fully saturated rings. The molecule has 0 radical (unpaired) electrons. The van der Waals surface area contributed by atoms with Crippen molar-refractivity contribution < 1.29 is 33.1 Å². The zero-order valence-corrected chi connectivity index (χ0v) is 27.9. The molecular weight excluding hydrogens is 589 g/mol. The number of hydrogen-bond donors (Lipinski definition) is 1. The van der Waals surface area contributed by atoms with E-state index in [0.717, 1.165) is 6.42 Å². The summed E-state index contributed by atoms with van der Waals surface area (Å²) in [6, 6.07) is -1.80. The number of nitrogens with two attached hydrogens (primary N) is 1. The summed E-state index contributed by atoms with van der Waals surface area (Å²) < 4.78 is 41.4. The Morgan fingerprint density at radius 1 is 1.07 bits per heavy atom. The van der Waals surface area contributed by atoms with Crippen LogP contribution in [-0.2, 0) is 33.1 Å². The molecule has 15 heteroatoms. The van der Waals surface area contributed by atoms with Gasteiger partial charge in [-0.25, -0.2) is 14.3 Å². The molecule has 3 aliphatic rings. The number of rotatable bonds is 15. The average Bonchev–Trinajstić information content (AvgIpc) is 3.67. The first-order chi connectivity index (χ1) is 21.0. The lowest BCUT2D eigenvalue weighted by atomic mass is 10.2. The van der Waals surface area contributed by atoms with E-state index in [1.807, 2.05) is 6.92 Å². The highest BCUT2D eigenvalue weighted by atomic mass is 31.2. The fraction of sp³-hybridized carbons (Fsp3) is 0.759. The van der Waals surface area contributed by atoms with Gasteiger partial charge in [0.25, 0.3) is 0 Å². The maximum absolute atomic E-state index is 15.1. The largest absolute Gasteiger partial charge is 0.479 e. The number of aliphatic imine (C=N–C) groups is 3. The van der Waals surface area contributed by atoms with Gasteiger partial charge >= 0.3 is 11.9 Å². The van der Waals surface area contributed by atoms with E-state index in [1.54, 1.807) is 61.4 Å². The van der Waals surface area contributed by atoms with E-state index < -0.39 is 37.5 Å². The third kappa shape index (κ3) is 9.12. The molecule has 0 aromatic heterocycles. The summed E-state index contributed by atoms with van der Waals surface area (Å²) in [5, 5.41) is 0. The summed E-state index contributed by atoms with van der Waals surface area (Å²) in [5.41, 5.74) is 5.62. The summed E-state index contributed by atoms with van der Waals surface area (Å²) >= 11 is 0. The van der Waals surface area contributed by atoms with Crippen LogP contribution in [0, 0.1) is 0 Å². The molecule has 14 nitrogen and oxygen atoms in total. The molecule has 0 aromatic rings. The maximum atomic E-state index is 15.1. The topological polar surface area (TPSA) is 161 Å². The van der Waals surface area contributed by atoms with E-state index in [9.17, 15) is 9.59 Å². The van der Waals surface area contributed by atoms with Gasteiger partial charge in [0.05, 0.1) is 38.1 Å². The predicted molar refractivity (Wildman–Crippen MR) is 170 cm³/mol. The van der Waals surface area contributed by atoms with Crippen molar-refractivity contribution in [3.8, 4) is 0 Å². The van der Waals surface area contributed by atoms with E-state index in [0.29, 0.717) is 63.6 Å². The number of hydrogen-bond acceptors (Lipinski definition) is 11. The predicted octanol–water partition coefficient (Wildman–Crippen LogP) is 2.98. The van der Waals surface area contributed by atoms with Gasteiger partial charge < -0.3 is 29.6 Å². The summed E-state index contributed by atoms with van der Waals surface area (Å²) in [6.07, 6.45) is 7.10. The van der Waals surface area contributed by atoms with Gasteiger partial charge in [-0.3, -0.25) is 24.1 Å². The van der Waals surface area contributed by atoms with Crippen LogP contribution in [0.1, 0.15) is 66.7 Å². The zero-order chi connectivity index (χ0) is 32.3. The van der Waals surface area contributed by atoms with Crippen molar-refractivity contribution in [1.82, 2.24) is 14.2 Å². The lowest BCUT2D eigenvalue weighted by molar-refractivity contribution is -0.151. The molecule has 248 valence electrons. The quantitative estimate of drug-likeness (QED) is 0.0922. The molecule has 0 aromatic carbocycles. The van der Waals surface area contributed by atoms with Crippen LogP contribution in [0.4, 0.5) is 0 Å². The first-order valence-electron chi connectivity index (χ1n) is 15.5. The van der Waals surface area contributed by atoms with Gasteiger partial charge in [0.15, 0.2) is 0 Å². The first-order valence-corrected chi connectivity index (χ1v) is 17.3. The molecular formula is C29H50N7O7P. The molecule has 44 heavy (non-hydrogen) atoms. The Morgan fingerprint density at radius 2 is 1.66 bits per heavy atom. The fourth-order valence-electron chi connectivity index (χ4n) is 5.48. The van der Waals surface area contributed by atoms with Crippen molar-refractivity contribution in [2.75, 3.05) is 46.2 Å². The van der Waals surface area contributed by atoms with Crippen LogP contribution in [0.3, 0.4) is 0 Å². The molecule has 3 aliphatic heterocycles. The van der Waals surface area contributed by atoms with Gasteiger partial charge in [0.2, 0.25) is 13.3 Å². The van der Waals surface area contributed by atoms with Crippen LogP contribution in [0.2, 0.25) is 0 Å². The molecule has 0 aliphatic carbocycles. The summed E-state index contributed by atoms with van der Waals surface area (Å²) in [4.78, 5) is 41.0. The van der Waals surface area contributed by atoms with Gasteiger partial charge in [0, 0.05) is 26.7 Å². The van der Waals surface area contributed by atoms with Gasteiger partial charge in [0.1, 0.15) is 30.3 Å². The Kier molecular flexibility index (Phi) is 13.8. The highest BCUT2D eigenvalue weighted by Gasteiger charge is 2.51. The lowest BCUT2D eigenvalue weighted by Gasteiger charge is -2.39. The monoisotopic (exact) mass is 639 g/mol. The van der Waals surface area contributed by atoms with E-state index in [4.69, 9.17) is 24.7 Å². The van der Waals surface area contributed by atoms with Crippen molar-refractivity contribution in [1.29, 1.82) is 0 Å². The number of carbonyl (C=O) groups excluding carboxylic acids is 2. The van der Waals surface area contributed by atoms with Crippen LogP contribution in [0.5, 0.6) is 0 Å². The van der Waals surface area contributed by atoms with Gasteiger partial charge in [-0.1, -0.05) is 6.92 Å². The smallest absolute Gasteiger partial charge is 0.324 e. The standard InChI is InChI=1S/C29H50N7O7P/c1-7-15-41-27(31-6)23-17-26(32-18-30)34(19-33-23)14-16-40-20-44(39,35-12-8-10-24(35)28(37)42-21(2)3)36-13-9-11-25(36)29(38)43-22(4)5/h17-19,21-25H,7-16,20H2,1-6H3,(H2,30,32)/t23?,24-,25-/m0/s1. The van der Waals surface area contributed by atoms with Crippen LogP contribution in [0.15, 0.2) is 26.9 Å². The molecule has 3 rings (SSSR count). The first kappa shape index (κ1) is 35.7. The van der Waals surface area contributed by atoms with Crippen molar-refractivity contribution in [3.63, 3.8) is 0 Å². The summed E-state index contributed by atoms with van der Waals surface area (Å²) in [5.74, 6) is 0.207. The van der Waals surface area contributed by atoms with E-state index in [1.165, 1.54) is 6.34 Å². The highest BCUT2D eigenvalue weighted by molar-refractivity contribution is 7.59. The SMILES string of the molecule is CCCOC(=NC)C1C=C(/N=C/N)N(CCOCP(=O)(N2CCC[C@H]2C(=O)OC(C)C)N2CCC[C@H]2C(=O)OC(C)C)C=N1. The fourth-order valence-corrected chi connectivity index (χ4v) is 8.63. The van der Waals surface area contributed by atoms with Gasteiger partial charge in [-0.2, -0.15) is 0 Å². The zero-order valence-electron chi connectivity index (χ0n) is 27.0. The third-order valence-corrected chi connectivity index (χ3v) is 10.4. The van der Waals surface area contributed by atoms with Crippen molar-refractivity contribution >= 4 is 38.0 Å².